The largest absolute Gasteiger partial charge is 0.350 e. The summed E-state index contributed by atoms with van der Waals surface area (Å²) in [6.45, 7) is 6.25. The SMILES string of the molecule is CCn1c(C)ccc(-c2noc(CCC(=O)N[C@H](C)c3ccc(Cl)cc3)n2)c1=O. The number of hydrogen-bond donors (Lipinski definition) is 1. The molecule has 0 fully saturated rings. The van der Waals surface area contributed by atoms with E-state index in [2.05, 4.69) is 15.5 Å². The Morgan fingerprint density at radius 2 is 1.97 bits per heavy atom. The fourth-order valence-electron chi connectivity index (χ4n) is 3.07. The minimum Gasteiger partial charge on any atom is -0.350 e. The standard InChI is InChI=1S/C21H23ClN4O3/c1-4-26-13(2)5-10-17(21(26)28)20-24-19(29-25-20)12-11-18(27)23-14(3)15-6-8-16(22)9-7-15/h5-10,14H,4,11-12H2,1-3H3,(H,23,27)/t14-/m1/s1. The number of benzene rings is 1. The molecule has 0 saturated heterocycles. The second-order valence-electron chi connectivity index (χ2n) is 6.79. The van der Waals surface area contributed by atoms with E-state index >= 15 is 0 Å². The summed E-state index contributed by atoms with van der Waals surface area (Å²) < 4.78 is 6.88. The fourth-order valence-corrected chi connectivity index (χ4v) is 3.19. The number of halogens is 1. The Hall–Kier alpha value is -2.93. The average molecular weight is 415 g/mol. The number of carbonyl (C=O) groups excluding carboxylic acids is 1. The fraction of sp³-hybridized carbons (Fsp3) is 0.333. The number of nitrogens with one attached hydrogen (secondary N) is 1. The second kappa shape index (κ2) is 9.05. The van der Waals surface area contributed by atoms with Gasteiger partial charge in [-0.25, -0.2) is 0 Å². The quantitative estimate of drug-likeness (QED) is 0.636. The number of amides is 1. The van der Waals surface area contributed by atoms with Crippen LogP contribution in [0.1, 0.15) is 43.5 Å². The van der Waals surface area contributed by atoms with Crippen LogP contribution in [0.4, 0.5) is 0 Å². The molecular weight excluding hydrogens is 392 g/mol. The Morgan fingerprint density at radius 1 is 1.24 bits per heavy atom. The Kier molecular flexibility index (Phi) is 6.49. The number of rotatable bonds is 7. The van der Waals surface area contributed by atoms with Gasteiger partial charge in [0.25, 0.3) is 5.56 Å². The van der Waals surface area contributed by atoms with Gasteiger partial charge in [-0.3, -0.25) is 9.59 Å². The van der Waals surface area contributed by atoms with Crippen LogP contribution in [0, 0.1) is 6.92 Å². The van der Waals surface area contributed by atoms with Crippen molar-refractivity contribution in [1.29, 1.82) is 0 Å². The van der Waals surface area contributed by atoms with Crippen LogP contribution in [0.2, 0.25) is 5.02 Å². The Bertz CT molecular complexity index is 1060. The van der Waals surface area contributed by atoms with Gasteiger partial charge in [-0.2, -0.15) is 4.98 Å². The topological polar surface area (TPSA) is 90.0 Å². The summed E-state index contributed by atoms with van der Waals surface area (Å²) in [6.07, 6.45) is 0.493. The van der Waals surface area contributed by atoms with E-state index in [0.717, 1.165) is 11.3 Å². The minimum absolute atomic E-state index is 0.129. The molecule has 8 heteroatoms. The molecule has 29 heavy (non-hydrogen) atoms. The van der Waals surface area contributed by atoms with Crippen LogP contribution in [-0.2, 0) is 17.8 Å². The van der Waals surface area contributed by atoms with Gasteiger partial charge in [0, 0.05) is 30.1 Å². The molecule has 0 aliphatic heterocycles. The smallest absolute Gasteiger partial charge is 0.261 e. The second-order valence-corrected chi connectivity index (χ2v) is 7.23. The molecule has 7 nitrogen and oxygen atoms in total. The Morgan fingerprint density at radius 3 is 2.66 bits per heavy atom. The van der Waals surface area contributed by atoms with E-state index in [0.29, 0.717) is 29.4 Å². The summed E-state index contributed by atoms with van der Waals surface area (Å²) in [4.78, 5) is 29.1. The molecule has 2 heterocycles. The maximum atomic E-state index is 12.5. The Balaban J connectivity index is 1.61. The monoisotopic (exact) mass is 414 g/mol. The predicted molar refractivity (Wildman–Crippen MR) is 111 cm³/mol. The minimum atomic E-state index is -0.158. The van der Waals surface area contributed by atoms with E-state index < -0.39 is 0 Å². The zero-order valence-corrected chi connectivity index (χ0v) is 17.4. The van der Waals surface area contributed by atoms with Crippen LogP contribution in [0.5, 0.6) is 0 Å². The van der Waals surface area contributed by atoms with Crippen molar-refractivity contribution in [2.45, 2.75) is 46.2 Å². The molecular formula is C21H23ClN4O3. The van der Waals surface area contributed by atoms with Gasteiger partial charge in [-0.05, 0) is 50.6 Å². The van der Waals surface area contributed by atoms with E-state index in [9.17, 15) is 9.59 Å². The van der Waals surface area contributed by atoms with Gasteiger partial charge in [-0.15, -0.1) is 0 Å². The highest BCUT2D eigenvalue weighted by Gasteiger charge is 2.16. The lowest BCUT2D eigenvalue weighted by Gasteiger charge is -2.14. The van der Waals surface area contributed by atoms with Crippen molar-refractivity contribution < 1.29 is 9.32 Å². The summed E-state index contributed by atoms with van der Waals surface area (Å²) in [6, 6.07) is 10.7. The number of hydrogen-bond acceptors (Lipinski definition) is 5. The molecule has 0 unspecified atom stereocenters. The van der Waals surface area contributed by atoms with E-state index in [1.165, 1.54) is 0 Å². The van der Waals surface area contributed by atoms with Crippen LogP contribution in [0.3, 0.4) is 0 Å². The van der Waals surface area contributed by atoms with Crippen molar-refractivity contribution in [2.75, 3.05) is 0 Å². The van der Waals surface area contributed by atoms with Gasteiger partial charge < -0.3 is 14.4 Å². The molecule has 0 spiro atoms. The molecule has 2 aromatic heterocycles. The van der Waals surface area contributed by atoms with Crippen molar-refractivity contribution in [3.63, 3.8) is 0 Å². The van der Waals surface area contributed by atoms with Gasteiger partial charge in [0.2, 0.25) is 17.6 Å². The molecule has 3 aromatic rings. The lowest BCUT2D eigenvalue weighted by atomic mass is 10.1. The normalized spacial score (nSPS) is 12.0. The van der Waals surface area contributed by atoms with Gasteiger partial charge >= 0.3 is 0 Å². The first-order valence-electron chi connectivity index (χ1n) is 9.47. The molecule has 0 aliphatic rings. The highest BCUT2D eigenvalue weighted by atomic mass is 35.5. The molecule has 1 aromatic carbocycles. The average Bonchev–Trinajstić information content (AvgIpc) is 3.16. The third kappa shape index (κ3) is 4.92. The van der Waals surface area contributed by atoms with Crippen molar-refractivity contribution in [1.82, 2.24) is 20.0 Å². The summed E-state index contributed by atoms with van der Waals surface area (Å²) in [7, 11) is 0. The summed E-state index contributed by atoms with van der Waals surface area (Å²) >= 11 is 5.89. The van der Waals surface area contributed by atoms with E-state index in [1.54, 1.807) is 22.8 Å². The number of nitrogens with zero attached hydrogens (tertiary/aromatic N) is 3. The van der Waals surface area contributed by atoms with Gasteiger partial charge in [-0.1, -0.05) is 28.9 Å². The van der Waals surface area contributed by atoms with E-state index in [-0.39, 0.29) is 29.8 Å². The van der Waals surface area contributed by atoms with Crippen LogP contribution < -0.4 is 10.9 Å². The maximum Gasteiger partial charge on any atom is 0.261 e. The van der Waals surface area contributed by atoms with Crippen molar-refractivity contribution >= 4 is 17.5 Å². The molecule has 3 rings (SSSR count). The molecule has 0 radical (unpaired) electrons. The number of aromatic nitrogens is 3. The zero-order valence-electron chi connectivity index (χ0n) is 16.6. The van der Waals surface area contributed by atoms with E-state index in [1.807, 2.05) is 39.0 Å². The molecule has 152 valence electrons. The van der Waals surface area contributed by atoms with E-state index in [4.69, 9.17) is 16.1 Å². The number of aryl methyl sites for hydroxylation is 2. The molecule has 0 aliphatic carbocycles. The van der Waals surface area contributed by atoms with Crippen LogP contribution in [-0.4, -0.2) is 20.6 Å². The molecule has 1 amide bonds. The first kappa shape index (κ1) is 20.8. The first-order chi connectivity index (χ1) is 13.9. The predicted octanol–water partition coefficient (Wildman–Crippen LogP) is 3.69. The number of carbonyl (C=O) groups is 1. The number of pyridine rings is 1. The first-order valence-corrected chi connectivity index (χ1v) is 9.85. The van der Waals surface area contributed by atoms with Gasteiger partial charge in [0.15, 0.2) is 0 Å². The van der Waals surface area contributed by atoms with Gasteiger partial charge in [0.05, 0.1) is 11.6 Å². The molecule has 1 atom stereocenters. The van der Waals surface area contributed by atoms with Crippen LogP contribution >= 0.6 is 11.6 Å². The van der Waals surface area contributed by atoms with Gasteiger partial charge in [0.1, 0.15) is 0 Å². The lowest BCUT2D eigenvalue weighted by molar-refractivity contribution is -0.121. The third-order valence-corrected chi connectivity index (χ3v) is 4.98. The highest BCUT2D eigenvalue weighted by molar-refractivity contribution is 6.30. The third-order valence-electron chi connectivity index (χ3n) is 4.73. The maximum absolute atomic E-state index is 12.5. The van der Waals surface area contributed by atoms with Crippen LogP contribution in [0.15, 0.2) is 45.7 Å². The summed E-state index contributed by atoms with van der Waals surface area (Å²) in [5, 5.41) is 7.48. The van der Waals surface area contributed by atoms with Crippen LogP contribution in [0.25, 0.3) is 11.4 Å². The van der Waals surface area contributed by atoms with Crippen molar-refractivity contribution in [3.8, 4) is 11.4 Å². The highest BCUT2D eigenvalue weighted by Crippen LogP contribution is 2.17. The summed E-state index contributed by atoms with van der Waals surface area (Å²) in [5.74, 6) is 0.426. The summed E-state index contributed by atoms with van der Waals surface area (Å²) in [5.41, 5.74) is 2.06. The van der Waals surface area contributed by atoms with Crippen molar-refractivity contribution in [2.24, 2.45) is 0 Å². The molecule has 1 N–H and O–H groups in total. The lowest BCUT2D eigenvalue weighted by Crippen LogP contribution is -2.26. The zero-order chi connectivity index (χ0) is 21.0. The van der Waals surface area contributed by atoms with Crippen molar-refractivity contribution in [3.05, 3.63) is 68.9 Å². The molecule has 0 bridgehead atoms. The Labute approximate surface area is 173 Å². The molecule has 0 saturated carbocycles.